The number of amides is 2. The molecule has 4 aromatic rings. The molecule has 1 aromatic heterocycles. The highest BCUT2D eigenvalue weighted by Gasteiger charge is 2.19. The molecule has 0 aliphatic carbocycles. The Labute approximate surface area is 214 Å². The summed E-state index contributed by atoms with van der Waals surface area (Å²) < 4.78 is 7.06. The van der Waals surface area contributed by atoms with E-state index in [-0.39, 0.29) is 24.1 Å². The van der Waals surface area contributed by atoms with Crippen molar-refractivity contribution in [2.24, 2.45) is 0 Å². The molecule has 184 valence electrons. The summed E-state index contributed by atoms with van der Waals surface area (Å²) in [6.45, 7) is 4.25. The predicted octanol–water partition coefficient (Wildman–Crippen LogP) is 4.55. The number of hydrogen-bond acceptors (Lipinski definition) is 6. The Morgan fingerprint density at radius 2 is 1.69 bits per heavy atom. The van der Waals surface area contributed by atoms with Gasteiger partial charge in [-0.05, 0) is 67.4 Å². The molecule has 0 spiro atoms. The minimum Gasteiger partial charge on any atom is -0.497 e. The van der Waals surface area contributed by atoms with Crippen LogP contribution in [0.4, 0.5) is 5.69 Å². The van der Waals surface area contributed by atoms with Crippen molar-refractivity contribution in [3.8, 4) is 11.4 Å². The van der Waals surface area contributed by atoms with E-state index >= 15 is 0 Å². The summed E-state index contributed by atoms with van der Waals surface area (Å²) in [4.78, 5) is 25.2. The molecule has 0 aliphatic heterocycles. The Morgan fingerprint density at radius 3 is 2.42 bits per heavy atom. The van der Waals surface area contributed by atoms with Gasteiger partial charge in [-0.3, -0.25) is 14.2 Å². The first-order valence-electron chi connectivity index (χ1n) is 11.4. The average molecular weight is 502 g/mol. The van der Waals surface area contributed by atoms with E-state index in [0.29, 0.717) is 22.2 Å². The van der Waals surface area contributed by atoms with Crippen LogP contribution in [0.1, 0.15) is 27.3 Å². The second-order valence-electron chi connectivity index (χ2n) is 8.07. The van der Waals surface area contributed by atoms with E-state index in [1.807, 2.05) is 54.8 Å². The lowest BCUT2D eigenvalue weighted by Gasteiger charge is -2.15. The highest BCUT2D eigenvalue weighted by Crippen LogP contribution is 2.26. The lowest BCUT2D eigenvalue weighted by Crippen LogP contribution is -2.24. The number of rotatable bonds is 9. The summed E-state index contributed by atoms with van der Waals surface area (Å²) in [6.07, 6.45) is 0. The number of aromatic nitrogens is 3. The molecule has 0 saturated heterocycles. The smallest absolute Gasteiger partial charge is 0.251 e. The number of nitrogens with zero attached hydrogens (tertiary/aromatic N) is 3. The monoisotopic (exact) mass is 501 g/mol. The molecule has 4 rings (SSSR count). The third-order valence-electron chi connectivity index (χ3n) is 5.67. The first kappa shape index (κ1) is 25.0. The van der Waals surface area contributed by atoms with E-state index in [0.717, 1.165) is 22.6 Å². The molecule has 0 saturated carbocycles. The van der Waals surface area contributed by atoms with Gasteiger partial charge in [0.2, 0.25) is 5.91 Å². The number of carbonyl (C=O) groups excluding carboxylic acids is 2. The van der Waals surface area contributed by atoms with Crippen LogP contribution in [-0.2, 0) is 11.3 Å². The van der Waals surface area contributed by atoms with E-state index < -0.39 is 0 Å². The molecule has 2 N–H and O–H groups in total. The first-order valence-corrected chi connectivity index (χ1v) is 12.4. The van der Waals surface area contributed by atoms with Crippen LogP contribution in [0.3, 0.4) is 0 Å². The largest absolute Gasteiger partial charge is 0.497 e. The number of hydrogen-bond donors (Lipinski definition) is 2. The summed E-state index contributed by atoms with van der Waals surface area (Å²) in [6, 6.07) is 22.1. The Kier molecular flexibility index (Phi) is 8.02. The van der Waals surface area contributed by atoms with Gasteiger partial charge in [-0.2, -0.15) is 0 Å². The van der Waals surface area contributed by atoms with Gasteiger partial charge in [0.1, 0.15) is 5.75 Å². The highest BCUT2D eigenvalue weighted by atomic mass is 32.2. The molecule has 0 radical (unpaired) electrons. The van der Waals surface area contributed by atoms with Crippen molar-refractivity contribution in [1.82, 2.24) is 20.1 Å². The molecular weight excluding hydrogens is 474 g/mol. The molecule has 0 unspecified atom stereocenters. The van der Waals surface area contributed by atoms with Gasteiger partial charge in [0.05, 0.1) is 25.1 Å². The quantitative estimate of drug-likeness (QED) is 0.327. The molecule has 8 nitrogen and oxygen atoms in total. The summed E-state index contributed by atoms with van der Waals surface area (Å²) in [7, 11) is 1.59. The molecule has 2 amide bonds. The summed E-state index contributed by atoms with van der Waals surface area (Å²) >= 11 is 1.28. The fraction of sp³-hybridized carbons (Fsp3) is 0.185. The van der Waals surface area contributed by atoms with Gasteiger partial charge in [0.25, 0.3) is 5.91 Å². The van der Waals surface area contributed by atoms with Crippen molar-refractivity contribution in [1.29, 1.82) is 0 Å². The van der Waals surface area contributed by atoms with Gasteiger partial charge < -0.3 is 15.4 Å². The van der Waals surface area contributed by atoms with Gasteiger partial charge in [0.15, 0.2) is 11.0 Å². The lowest BCUT2D eigenvalue weighted by molar-refractivity contribution is -0.113. The van der Waals surface area contributed by atoms with Crippen LogP contribution >= 0.6 is 11.8 Å². The Hall–Kier alpha value is -4.11. The van der Waals surface area contributed by atoms with Crippen molar-refractivity contribution in [2.45, 2.75) is 25.5 Å². The molecule has 3 aromatic carbocycles. The highest BCUT2D eigenvalue weighted by molar-refractivity contribution is 7.99. The van der Waals surface area contributed by atoms with Gasteiger partial charge >= 0.3 is 0 Å². The molecular formula is C27H27N5O3S. The molecule has 1 heterocycles. The van der Waals surface area contributed by atoms with Crippen LogP contribution in [-0.4, -0.2) is 39.4 Å². The molecule has 0 bridgehead atoms. The number of ether oxygens (including phenoxy) is 1. The minimum atomic E-state index is -0.195. The van der Waals surface area contributed by atoms with E-state index in [4.69, 9.17) is 4.74 Å². The first-order chi connectivity index (χ1) is 17.5. The van der Waals surface area contributed by atoms with Crippen LogP contribution in [0, 0.1) is 13.8 Å². The van der Waals surface area contributed by atoms with Gasteiger partial charge in [-0.1, -0.05) is 42.1 Å². The van der Waals surface area contributed by atoms with E-state index in [9.17, 15) is 9.59 Å². The van der Waals surface area contributed by atoms with Gasteiger partial charge in [-0.25, -0.2) is 0 Å². The Bertz CT molecular complexity index is 1350. The van der Waals surface area contributed by atoms with Gasteiger partial charge in [-0.15, -0.1) is 10.2 Å². The zero-order chi connectivity index (χ0) is 25.5. The predicted molar refractivity (Wildman–Crippen MR) is 141 cm³/mol. The van der Waals surface area contributed by atoms with E-state index in [1.165, 1.54) is 11.8 Å². The van der Waals surface area contributed by atoms with Gasteiger partial charge in [0, 0.05) is 11.3 Å². The fourth-order valence-corrected chi connectivity index (χ4v) is 4.34. The zero-order valence-corrected chi connectivity index (χ0v) is 21.1. The standard InChI is InChI=1S/C27H27N5O3S/c1-18-8-7-11-23(19(18)2)32-24(16-28-26(34)20-9-5-4-6-10-20)30-31-27(32)36-17-25(33)29-21-12-14-22(35-3)15-13-21/h4-15H,16-17H2,1-3H3,(H,28,34)(H,29,33). The number of thioether (sulfide) groups is 1. The van der Waals surface area contributed by atoms with Crippen molar-refractivity contribution in [3.05, 3.63) is 95.3 Å². The third kappa shape index (κ3) is 5.92. The Balaban J connectivity index is 1.52. The number of methoxy groups -OCH3 is 1. The van der Waals surface area contributed by atoms with Crippen molar-refractivity contribution in [3.63, 3.8) is 0 Å². The lowest BCUT2D eigenvalue weighted by atomic mass is 10.1. The molecule has 0 atom stereocenters. The van der Waals surface area contributed by atoms with Crippen LogP contribution in [0.2, 0.25) is 0 Å². The number of carbonyl (C=O) groups is 2. The summed E-state index contributed by atoms with van der Waals surface area (Å²) in [5.74, 6) is 1.08. The fourth-order valence-electron chi connectivity index (χ4n) is 3.58. The second-order valence-corrected chi connectivity index (χ2v) is 9.01. The maximum atomic E-state index is 12.6. The molecule has 0 fully saturated rings. The van der Waals surface area contributed by atoms with Crippen molar-refractivity contribution in [2.75, 3.05) is 18.2 Å². The molecule has 9 heteroatoms. The number of benzene rings is 3. The topological polar surface area (TPSA) is 98.1 Å². The summed E-state index contributed by atoms with van der Waals surface area (Å²) in [5, 5.41) is 15.0. The normalized spacial score (nSPS) is 10.6. The second kappa shape index (κ2) is 11.5. The van der Waals surface area contributed by atoms with Crippen molar-refractivity contribution < 1.29 is 14.3 Å². The van der Waals surface area contributed by atoms with Crippen LogP contribution in [0.25, 0.3) is 5.69 Å². The van der Waals surface area contributed by atoms with E-state index in [2.05, 4.69) is 20.8 Å². The number of aryl methyl sites for hydroxylation is 1. The maximum absolute atomic E-state index is 12.6. The van der Waals surface area contributed by atoms with Crippen LogP contribution in [0.15, 0.2) is 78.0 Å². The molecule has 36 heavy (non-hydrogen) atoms. The number of nitrogens with one attached hydrogen (secondary N) is 2. The maximum Gasteiger partial charge on any atom is 0.251 e. The van der Waals surface area contributed by atoms with Crippen LogP contribution < -0.4 is 15.4 Å². The zero-order valence-electron chi connectivity index (χ0n) is 20.3. The number of anilines is 1. The van der Waals surface area contributed by atoms with Crippen molar-refractivity contribution >= 4 is 29.3 Å². The SMILES string of the molecule is COc1ccc(NC(=O)CSc2nnc(CNC(=O)c3ccccc3)n2-c2cccc(C)c2C)cc1. The van der Waals surface area contributed by atoms with E-state index in [1.54, 1.807) is 43.5 Å². The summed E-state index contributed by atoms with van der Waals surface area (Å²) in [5.41, 5.74) is 4.34. The van der Waals surface area contributed by atoms with Crippen LogP contribution in [0.5, 0.6) is 5.75 Å². The average Bonchev–Trinajstić information content (AvgIpc) is 3.31. The third-order valence-corrected chi connectivity index (χ3v) is 6.60. The Morgan fingerprint density at radius 1 is 0.944 bits per heavy atom. The molecule has 0 aliphatic rings. The minimum absolute atomic E-state index is 0.144.